The minimum absolute atomic E-state index is 0.936. The molecule has 16 heavy (non-hydrogen) atoms. The Labute approximate surface area is 105 Å². The fourth-order valence-corrected chi connectivity index (χ4v) is 3.47. The van der Waals surface area contributed by atoms with E-state index < -0.39 is 0 Å². The second-order valence-corrected chi connectivity index (χ2v) is 5.11. The van der Waals surface area contributed by atoms with E-state index in [0.29, 0.717) is 0 Å². The number of hydrogen-bond donors (Lipinski definition) is 0. The highest BCUT2D eigenvalue weighted by molar-refractivity contribution is 9.10. The highest BCUT2D eigenvalue weighted by atomic mass is 79.9. The second kappa shape index (κ2) is 3.96. The van der Waals surface area contributed by atoms with Crippen LogP contribution in [0.3, 0.4) is 0 Å². The first kappa shape index (κ1) is 9.93. The van der Waals surface area contributed by atoms with Gasteiger partial charge in [-0.2, -0.15) is 0 Å². The lowest BCUT2D eigenvalue weighted by Gasteiger charge is -1.96. The van der Waals surface area contributed by atoms with Crippen LogP contribution >= 0.6 is 27.3 Å². The van der Waals surface area contributed by atoms with Gasteiger partial charge in [0.2, 0.25) is 0 Å². The molecule has 2 aromatic heterocycles. The zero-order chi connectivity index (χ0) is 11.0. The Morgan fingerprint density at radius 2 is 1.75 bits per heavy atom. The van der Waals surface area contributed by atoms with Crippen molar-refractivity contribution in [2.45, 2.75) is 0 Å². The third-order valence-corrected chi connectivity index (χ3v) is 4.48. The maximum atomic E-state index is 4.33. The highest BCUT2D eigenvalue weighted by Crippen LogP contribution is 2.39. The highest BCUT2D eigenvalue weighted by Gasteiger charge is 2.12. The number of aromatic nitrogens is 2. The van der Waals surface area contributed by atoms with Gasteiger partial charge < -0.3 is 0 Å². The lowest BCUT2D eigenvalue weighted by Crippen LogP contribution is -1.75. The summed E-state index contributed by atoms with van der Waals surface area (Å²) in [6, 6.07) is 10.3. The van der Waals surface area contributed by atoms with Crippen LogP contribution < -0.4 is 0 Å². The smallest absolute Gasteiger partial charge is 0.143 e. The van der Waals surface area contributed by atoms with Crippen LogP contribution in [0.5, 0.6) is 0 Å². The summed E-state index contributed by atoms with van der Waals surface area (Å²) in [5.41, 5.74) is 2.13. The molecule has 0 spiro atoms. The molecule has 3 aromatic rings. The molecule has 3 rings (SSSR count). The first-order chi connectivity index (χ1) is 7.86. The van der Waals surface area contributed by atoms with Crippen molar-refractivity contribution in [2.75, 3.05) is 0 Å². The third-order valence-electron chi connectivity index (χ3n) is 2.31. The van der Waals surface area contributed by atoms with E-state index >= 15 is 0 Å². The van der Waals surface area contributed by atoms with E-state index in [9.17, 15) is 0 Å². The summed E-state index contributed by atoms with van der Waals surface area (Å²) in [6.07, 6.45) is 3.44. The second-order valence-electron chi connectivity index (χ2n) is 3.32. The van der Waals surface area contributed by atoms with E-state index in [0.717, 1.165) is 14.8 Å². The minimum atomic E-state index is 0.936. The molecule has 0 saturated carbocycles. The van der Waals surface area contributed by atoms with E-state index in [4.69, 9.17) is 0 Å². The number of fused-ring (bicyclic) bond motifs is 1. The molecule has 2 nitrogen and oxygen atoms in total. The van der Waals surface area contributed by atoms with Crippen LogP contribution in [0.15, 0.2) is 47.2 Å². The molecular formula is C12H7BrN2S. The van der Waals surface area contributed by atoms with Gasteiger partial charge in [-0.05, 0) is 21.5 Å². The molecule has 0 aliphatic carbocycles. The molecule has 0 N–H and O–H groups in total. The molecule has 0 radical (unpaired) electrons. The van der Waals surface area contributed by atoms with E-state index in [-0.39, 0.29) is 0 Å². The number of thiophene rings is 1. The minimum Gasteiger partial charge on any atom is -0.251 e. The van der Waals surface area contributed by atoms with Gasteiger partial charge in [-0.1, -0.05) is 30.3 Å². The molecule has 0 saturated heterocycles. The lowest BCUT2D eigenvalue weighted by atomic mass is 10.2. The average molecular weight is 291 g/mol. The normalized spacial score (nSPS) is 10.8. The van der Waals surface area contributed by atoms with Crippen LogP contribution in [-0.4, -0.2) is 9.97 Å². The maximum absolute atomic E-state index is 4.33. The first-order valence-electron chi connectivity index (χ1n) is 4.80. The summed E-state index contributed by atoms with van der Waals surface area (Å²) in [5.74, 6) is 0. The van der Waals surface area contributed by atoms with Gasteiger partial charge in [0.05, 0.1) is 9.35 Å². The standard InChI is InChI=1S/C12H7BrN2S/c13-9-10-12(15-7-6-14-10)16-11(9)8-4-2-1-3-5-8/h1-7H. The van der Waals surface area contributed by atoms with Crippen LogP contribution in [0.25, 0.3) is 20.8 Å². The fraction of sp³-hybridized carbons (Fsp3) is 0. The van der Waals surface area contributed by atoms with Crippen LogP contribution in [-0.2, 0) is 0 Å². The average Bonchev–Trinajstić information content (AvgIpc) is 2.69. The van der Waals surface area contributed by atoms with E-state index in [2.05, 4.69) is 38.0 Å². The summed E-state index contributed by atoms with van der Waals surface area (Å²) in [4.78, 5) is 10.8. The molecule has 1 aromatic carbocycles. The van der Waals surface area contributed by atoms with Gasteiger partial charge in [0.1, 0.15) is 10.3 Å². The van der Waals surface area contributed by atoms with E-state index in [1.54, 1.807) is 23.7 Å². The summed E-state index contributed by atoms with van der Waals surface area (Å²) in [6.45, 7) is 0. The predicted molar refractivity (Wildman–Crippen MR) is 70.6 cm³/mol. The topological polar surface area (TPSA) is 25.8 Å². The Balaban J connectivity index is 2.29. The molecule has 4 heteroatoms. The lowest BCUT2D eigenvalue weighted by molar-refractivity contribution is 1.31. The molecular weight excluding hydrogens is 284 g/mol. The molecule has 78 valence electrons. The Bertz CT molecular complexity index is 634. The Hall–Kier alpha value is -1.26. The zero-order valence-corrected chi connectivity index (χ0v) is 10.6. The zero-order valence-electron chi connectivity index (χ0n) is 8.22. The summed E-state index contributed by atoms with van der Waals surface area (Å²) < 4.78 is 1.03. The summed E-state index contributed by atoms with van der Waals surface area (Å²) in [7, 11) is 0. The molecule has 0 amide bonds. The Morgan fingerprint density at radius 3 is 2.50 bits per heavy atom. The van der Waals surface area contributed by atoms with Crippen molar-refractivity contribution in [3.63, 3.8) is 0 Å². The van der Waals surface area contributed by atoms with Crippen molar-refractivity contribution in [3.8, 4) is 10.4 Å². The first-order valence-corrected chi connectivity index (χ1v) is 6.41. The van der Waals surface area contributed by atoms with Gasteiger partial charge in [-0.25, -0.2) is 4.98 Å². The maximum Gasteiger partial charge on any atom is 0.143 e. The van der Waals surface area contributed by atoms with E-state index in [1.165, 1.54) is 10.4 Å². The molecule has 0 unspecified atom stereocenters. The van der Waals surface area contributed by atoms with Crippen LogP contribution in [0.4, 0.5) is 0 Å². The summed E-state index contributed by atoms with van der Waals surface area (Å²) >= 11 is 5.25. The third kappa shape index (κ3) is 1.54. The van der Waals surface area contributed by atoms with Crippen molar-refractivity contribution >= 4 is 37.6 Å². The van der Waals surface area contributed by atoms with Crippen LogP contribution in [0.1, 0.15) is 0 Å². The van der Waals surface area contributed by atoms with E-state index in [1.807, 2.05) is 18.2 Å². The monoisotopic (exact) mass is 290 g/mol. The fourth-order valence-electron chi connectivity index (χ4n) is 1.57. The predicted octanol–water partition coefficient (Wildman–Crippen LogP) is 4.12. The van der Waals surface area contributed by atoms with Crippen molar-refractivity contribution in [3.05, 3.63) is 47.2 Å². The number of rotatable bonds is 1. The van der Waals surface area contributed by atoms with Gasteiger partial charge in [0.15, 0.2) is 0 Å². The van der Waals surface area contributed by atoms with Crippen molar-refractivity contribution < 1.29 is 0 Å². The number of nitrogens with zero attached hydrogens (tertiary/aromatic N) is 2. The van der Waals surface area contributed by atoms with Crippen LogP contribution in [0.2, 0.25) is 0 Å². The van der Waals surface area contributed by atoms with Crippen molar-refractivity contribution in [1.82, 2.24) is 9.97 Å². The molecule has 0 fully saturated rings. The SMILES string of the molecule is Brc1c(-c2ccccc2)sc2nccnc12. The summed E-state index contributed by atoms with van der Waals surface area (Å²) in [5, 5.41) is 0. The van der Waals surface area contributed by atoms with Gasteiger partial charge in [-0.15, -0.1) is 11.3 Å². The number of halogens is 1. The quantitative estimate of drug-likeness (QED) is 0.674. The molecule has 2 heterocycles. The Kier molecular flexibility index (Phi) is 2.46. The molecule has 0 aliphatic rings. The van der Waals surface area contributed by atoms with Gasteiger partial charge in [0.25, 0.3) is 0 Å². The molecule has 0 atom stereocenters. The van der Waals surface area contributed by atoms with Gasteiger partial charge in [-0.3, -0.25) is 4.98 Å². The van der Waals surface area contributed by atoms with Crippen molar-refractivity contribution in [2.24, 2.45) is 0 Å². The molecule has 0 aliphatic heterocycles. The van der Waals surface area contributed by atoms with Crippen LogP contribution in [0, 0.1) is 0 Å². The Morgan fingerprint density at radius 1 is 1.00 bits per heavy atom. The van der Waals surface area contributed by atoms with Crippen molar-refractivity contribution in [1.29, 1.82) is 0 Å². The van der Waals surface area contributed by atoms with Gasteiger partial charge in [0, 0.05) is 12.4 Å². The number of hydrogen-bond acceptors (Lipinski definition) is 3. The molecule has 0 bridgehead atoms. The largest absolute Gasteiger partial charge is 0.251 e. The number of benzene rings is 1. The van der Waals surface area contributed by atoms with Gasteiger partial charge >= 0.3 is 0 Å².